The highest BCUT2D eigenvalue weighted by Crippen LogP contribution is 2.47. The molecule has 0 radical (unpaired) electrons. The fourth-order valence-corrected chi connectivity index (χ4v) is 3.98. The van der Waals surface area contributed by atoms with Gasteiger partial charge in [0.15, 0.2) is 0 Å². The van der Waals surface area contributed by atoms with Crippen LogP contribution in [0.5, 0.6) is 0 Å². The number of rotatable bonds is 2. The average molecular weight is 319 g/mol. The summed E-state index contributed by atoms with van der Waals surface area (Å²) in [7, 11) is 0. The lowest BCUT2D eigenvalue weighted by atomic mass is 9.71. The number of pyridine rings is 1. The van der Waals surface area contributed by atoms with Crippen molar-refractivity contribution in [2.75, 3.05) is 6.54 Å². The van der Waals surface area contributed by atoms with Crippen molar-refractivity contribution < 1.29 is 13.2 Å². The lowest BCUT2D eigenvalue weighted by Crippen LogP contribution is -2.51. The third-order valence-electron chi connectivity index (χ3n) is 4.97. The molecule has 2 saturated heterocycles. The Morgan fingerprint density at radius 2 is 1.96 bits per heavy atom. The van der Waals surface area contributed by atoms with Crippen molar-refractivity contribution in [3.63, 3.8) is 0 Å². The first-order valence-electron chi connectivity index (χ1n) is 7.53. The van der Waals surface area contributed by atoms with E-state index in [0.717, 1.165) is 5.56 Å². The van der Waals surface area contributed by atoms with E-state index in [1.165, 1.54) is 4.90 Å². The first kappa shape index (κ1) is 15.8. The fourth-order valence-electron chi connectivity index (χ4n) is 3.98. The standard InChI is InChI=1S/C17H16F3N3/c1-2-12-5-13(9-22-8-12)16(10-21)6-14-3-4-15(7-16)23(14)11-17(18,19)20/h1,5,8-9,14-15H,3-4,6-7,11H2/t14-,15+,16?. The van der Waals surface area contributed by atoms with E-state index < -0.39 is 18.1 Å². The van der Waals surface area contributed by atoms with Gasteiger partial charge in [-0.05, 0) is 37.3 Å². The van der Waals surface area contributed by atoms with E-state index in [1.54, 1.807) is 18.5 Å². The Hall–Kier alpha value is -2.05. The summed E-state index contributed by atoms with van der Waals surface area (Å²) in [4.78, 5) is 5.61. The predicted molar refractivity (Wildman–Crippen MR) is 78.3 cm³/mol. The van der Waals surface area contributed by atoms with E-state index in [9.17, 15) is 18.4 Å². The zero-order valence-electron chi connectivity index (χ0n) is 12.5. The fraction of sp³-hybridized carbons (Fsp3) is 0.529. The number of terminal acetylenes is 1. The number of fused-ring (bicyclic) bond motifs is 2. The number of hydrogen-bond acceptors (Lipinski definition) is 3. The molecule has 2 bridgehead atoms. The second kappa shape index (κ2) is 5.54. The number of nitriles is 1. The number of aromatic nitrogens is 1. The quantitative estimate of drug-likeness (QED) is 0.787. The second-order valence-electron chi connectivity index (χ2n) is 6.38. The minimum Gasteiger partial charge on any atom is -0.289 e. The predicted octanol–water partition coefficient (Wildman–Crippen LogP) is 3.01. The van der Waals surface area contributed by atoms with E-state index in [2.05, 4.69) is 17.0 Å². The number of nitrogens with zero attached hydrogens (tertiary/aromatic N) is 3. The van der Waals surface area contributed by atoms with Crippen LogP contribution < -0.4 is 0 Å². The van der Waals surface area contributed by atoms with Crippen LogP contribution in [0.3, 0.4) is 0 Å². The van der Waals surface area contributed by atoms with Gasteiger partial charge in [0.05, 0.1) is 18.0 Å². The maximum absolute atomic E-state index is 12.8. The first-order chi connectivity index (χ1) is 10.9. The van der Waals surface area contributed by atoms with Gasteiger partial charge in [0.1, 0.15) is 0 Å². The third kappa shape index (κ3) is 2.92. The third-order valence-corrected chi connectivity index (χ3v) is 4.97. The van der Waals surface area contributed by atoms with Gasteiger partial charge in [-0.25, -0.2) is 0 Å². The number of alkyl halides is 3. The molecular weight excluding hydrogens is 303 g/mol. The summed E-state index contributed by atoms with van der Waals surface area (Å²) < 4.78 is 38.3. The molecule has 120 valence electrons. The Morgan fingerprint density at radius 3 is 2.48 bits per heavy atom. The average Bonchev–Trinajstić information content (AvgIpc) is 2.75. The van der Waals surface area contributed by atoms with Gasteiger partial charge in [-0.3, -0.25) is 9.88 Å². The minimum atomic E-state index is -4.21. The van der Waals surface area contributed by atoms with Crippen LogP contribution in [0.1, 0.15) is 36.8 Å². The zero-order chi connectivity index (χ0) is 16.7. The molecule has 0 saturated carbocycles. The van der Waals surface area contributed by atoms with Gasteiger partial charge >= 0.3 is 6.18 Å². The zero-order valence-corrected chi connectivity index (χ0v) is 12.5. The Balaban J connectivity index is 1.90. The van der Waals surface area contributed by atoms with Gasteiger partial charge in [0.2, 0.25) is 0 Å². The van der Waals surface area contributed by atoms with Gasteiger partial charge in [-0.1, -0.05) is 5.92 Å². The first-order valence-corrected chi connectivity index (χ1v) is 7.53. The Morgan fingerprint density at radius 1 is 1.30 bits per heavy atom. The maximum atomic E-state index is 12.8. The molecule has 1 unspecified atom stereocenters. The summed E-state index contributed by atoms with van der Waals surface area (Å²) in [5, 5.41) is 9.77. The van der Waals surface area contributed by atoms with Crippen molar-refractivity contribution in [1.82, 2.24) is 9.88 Å². The summed E-state index contributed by atoms with van der Waals surface area (Å²) >= 11 is 0. The normalized spacial score (nSPS) is 30.7. The van der Waals surface area contributed by atoms with E-state index >= 15 is 0 Å². The molecule has 2 aliphatic rings. The van der Waals surface area contributed by atoms with Crippen LogP contribution in [0, 0.1) is 23.7 Å². The van der Waals surface area contributed by atoms with Gasteiger partial charge in [0, 0.05) is 30.0 Å². The lowest BCUT2D eigenvalue weighted by molar-refractivity contribution is -0.156. The van der Waals surface area contributed by atoms with Crippen molar-refractivity contribution in [2.24, 2.45) is 0 Å². The van der Waals surface area contributed by atoms with E-state index in [-0.39, 0.29) is 12.1 Å². The second-order valence-corrected chi connectivity index (χ2v) is 6.38. The van der Waals surface area contributed by atoms with E-state index in [1.807, 2.05) is 0 Å². The van der Waals surface area contributed by atoms with Crippen LogP contribution in [-0.2, 0) is 5.41 Å². The Labute approximate surface area is 133 Å². The molecule has 3 nitrogen and oxygen atoms in total. The molecule has 0 spiro atoms. The SMILES string of the molecule is C#Cc1cncc(C2(C#N)C[C@H]3CC[C@@H](C2)N3CC(F)(F)F)c1. The summed E-state index contributed by atoms with van der Waals surface area (Å²) in [5.74, 6) is 2.49. The van der Waals surface area contributed by atoms with Crippen molar-refractivity contribution in [3.8, 4) is 18.4 Å². The van der Waals surface area contributed by atoms with Gasteiger partial charge < -0.3 is 0 Å². The molecular formula is C17H16F3N3. The van der Waals surface area contributed by atoms with Crippen molar-refractivity contribution >= 4 is 0 Å². The van der Waals surface area contributed by atoms with Gasteiger partial charge in [0.25, 0.3) is 0 Å². The summed E-state index contributed by atoms with van der Waals surface area (Å²) in [6.45, 7) is -0.896. The molecule has 0 aromatic carbocycles. The van der Waals surface area contributed by atoms with Crippen LogP contribution in [0.25, 0.3) is 0 Å². The highest BCUT2D eigenvalue weighted by atomic mass is 19.4. The van der Waals surface area contributed by atoms with Gasteiger partial charge in [-0.15, -0.1) is 6.42 Å². The van der Waals surface area contributed by atoms with Crippen LogP contribution in [0.4, 0.5) is 13.2 Å². The van der Waals surface area contributed by atoms with Crippen LogP contribution in [-0.4, -0.2) is 34.7 Å². The number of hydrogen-bond donors (Lipinski definition) is 0. The largest absolute Gasteiger partial charge is 0.401 e. The van der Waals surface area contributed by atoms with E-state index in [0.29, 0.717) is 31.2 Å². The molecule has 1 aromatic rings. The van der Waals surface area contributed by atoms with Crippen molar-refractivity contribution in [2.45, 2.75) is 49.4 Å². The van der Waals surface area contributed by atoms with Crippen LogP contribution >= 0.6 is 0 Å². The van der Waals surface area contributed by atoms with Crippen LogP contribution in [0.2, 0.25) is 0 Å². The minimum absolute atomic E-state index is 0.218. The topological polar surface area (TPSA) is 39.9 Å². The maximum Gasteiger partial charge on any atom is 0.401 e. The summed E-state index contributed by atoms with van der Waals surface area (Å²) in [6, 6.07) is 3.68. The molecule has 0 N–H and O–H groups in total. The Kier molecular flexibility index (Phi) is 3.82. The molecule has 0 aliphatic carbocycles. The van der Waals surface area contributed by atoms with E-state index in [4.69, 9.17) is 6.42 Å². The van der Waals surface area contributed by atoms with Crippen molar-refractivity contribution in [3.05, 3.63) is 29.6 Å². The summed E-state index contributed by atoms with van der Waals surface area (Å²) in [5.41, 5.74) is 0.509. The molecule has 3 atom stereocenters. The number of piperidine rings is 1. The molecule has 2 fully saturated rings. The number of halogens is 3. The highest BCUT2D eigenvalue weighted by Gasteiger charge is 2.52. The molecule has 0 amide bonds. The molecule has 3 heterocycles. The van der Waals surface area contributed by atoms with Gasteiger partial charge in [-0.2, -0.15) is 18.4 Å². The molecule has 23 heavy (non-hydrogen) atoms. The van der Waals surface area contributed by atoms with Crippen molar-refractivity contribution in [1.29, 1.82) is 5.26 Å². The van der Waals surface area contributed by atoms with Crippen LogP contribution in [0.15, 0.2) is 18.5 Å². The highest BCUT2D eigenvalue weighted by molar-refractivity contribution is 5.40. The lowest BCUT2D eigenvalue weighted by Gasteiger charge is -2.43. The molecule has 6 heteroatoms. The smallest absolute Gasteiger partial charge is 0.289 e. The monoisotopic (exact) mass is 319 g/mol. The summed E-state index contributed by atoms with van der Waals surface area (Å²) in [6.07, 6.45) is 6.52. The molecule has 3 rings (SSSR count). The molecule has 2 aliphatic heterocycles. The molecule has 1 aromatic heterocycles. The Bertz CT molecular complexity index is 670.